The number of carbonyl (C=O) groups is 4. The Kier molecular flexibility index (Phi) is 6.45. The fraction of sp³-hybridized carbons (Fsp3) is 0.174. The van der Waals surface area contributed by atoms with E-state index in [0.29, 0.717) is 34.2 Å². The molecule has 0 spiro atoms. The monoisotopic (exact) mass is 464 g/mol. The van der Waals surface area contributed by atoms with E-state index in [0.717, 1.165) is 4.90 Å². The number of amides is 4. The van der Waals surface area contributed by atoms with Crippen LogP contribution in [0.15, 0.2) is 54.0 Å². The van der Waals surface area contributed by atoms with Gasteiger partial charge in [-0.05, 0) is 36.8 Å². The van der Waals surface area contributed by atoms with Crippen LogP contribution in [0.3, 0.4) is 0 Å². The summed E-state index contributed by atoms with van der Waals surface area (Å²) in [6.07, 6.45) is 1.56. The molecule has 0 saturated carbocycles. The first-order valence-electron chi connectivity index (χ1n) is 10.2. The average molecular weight is 465 g/mol. The van der Waals surface area contributed by atoms with Gasteiger partial charge in [-0.3, -0.25) is 24.1 Å². The molecule has 4 amide bonds. The summed E-state index contributed by atoms with van der Waals surface area (Å²) in [5.41, 5.74) is 1.49. The Labute approximate surface area is 193 Å². The third-order valence-corrected chi connectivity index (χ3v) is 5.58. The van der Waals surface area contributed by atoms with E-state index in [1.165, 1.54) is 11.3 Å². The van der Waals surface area contributed by atoms with Gasteiger partial charge in [0.1, 0.15) is 5.75 Å². The first-order chi connectivity index (χ1) is 16.0. The first-order valence-corrected chi connectivity index (χ1v) is 11.0. The number of anilines is 1. The van der Waals surface area contributed by atoms with Gasteiger partial charge in [-0.1, -0.05) is 18.2 Å². The molecule has 33 heavy (non-hydrogen) atoms. The summed E-state index contributed by atoms with van der Waals surface area (Å²) in [7, 11) is 0. The van der Waals surface area contributed by atoms with E-state index in [1.807, 2.05) is 0 Å². The number of hydrogen-bond donors (Lipinski definition) is 2. The van der Waals surface area contributed by atoms with Gasteiger partial charge in [-0.25, -0.2) is 4.98 Å². The molecule has 9 nitrogen and oxygen atoms in total. The Morgan fingerprint density at radius 2 is 1.82 bits per heavy atom. The fourth-order valence-corrected chi connectivity index (χ4v) is 3.95. The smallest absolute Gasteiger partial charge is 0.261 e. The standard InChI is InChI=1S/C23H20N4O5S/c1-2-32-18-8-7-14(13-27-21(30)15-5-3-4-6-16(15)22(27)31)11-17(18)20(29)25-12-19(28)26-23-24-9-10-33-23/h3-11H,2,12-13H2,1H3,(H,25,29)(H,24,26,28). The lowest BCUT2D eigenvalue weighted by Gasteiger charge is -2.16. The van der Waals surface area contributed by atoms with Crippen LogP contribution >= 0.6 is 11.3 Å². The minimum Gasteiger partial charge on any atom is -0.493 e. The van der Waals surface area contributed by atoms with Gasteiger partial charge < -0.3 is 15.4 Å². The molecule has 2 heterocycles. The molecule has 0 radical (unpaired) electrons. The first kappa shape index (κ1) is 22.2. The molecule has 0 unspecified atom stereocenters. The Morgan fingerprint density at radius 3 is 2.45 bits per heavy atom. The van der Waals surface area contributed by atoms with Crippen LogP contribution < -0.4 is 15.4 Å². The molecule has 2 N–H and O–H groups in total. The van der Waals surface area contributed by atoms with Crippen LogP contribution in [-0.4, -0.2) is 46.7 Å². The summed E-state index contributed by atoms with van der Waals surface area (Å²) in [4.78, 5) is 55.3. The van der Waals surface area contributed by atoms with E-state index in [9.17, 15) is 19.2 Å². The number of ether oxygens (including phenoxy) is 1. The molecular formula is C23H20N4O5S. The molecule has 10 heteroatoms. The van der Waals surface area contributed by atoms with Crippen LogP contribution in [0, 0.1) is 0 Å². The van der Waals surface area contributed by atoms with E-state index in [4.69, 9.17) is 4.74 Å². The summed E-state index contributed by atoms with van der Waals surface area (Å²) in [5, 5.41) is 7.31. The van der Waals surface area contributed by atoms with Gasteiger partial charge in [0.2, 0.25) is 5.91 Å². The van der Waals surface area contributed by atoms with Crippen molar-refractivity contribution in [3.8, 4) is 5.75 Å². The topological polar surface area (TPSA) is 118 Å². The highest BCUT2D eigenvalue weighted by atomic mass is 32.1. The van der Waals surface area contributed by atoms with Crippen LogP contribution in [0.2, 0.25) is 0 Å². The maximum Gasteiger partial charge on any atom is 0.261 e. The fourth-order valence-electron chi connectivity index (χ4n) is 3.40. The predicted octanol–water partition coefficient (Wildman–Crippen LogP) is 2.71. The number of thiazole rings is 1. The van der Waals surface area contributed by atoms with E-state index in [2.05, 4.69) is 15.6 Å². The van der Waals surface area contributed by atoms with Gasteiger partial charge >= 0.3 is 0 Å². The molecule has 1 aromatic heterocycles. The second-order valence-electron chi connectivity index (χ2n) is 7.07. The molecule has 0 fully saturated rings. The number of rotatable bonds is 8. The van der Waals surface area contributed by atoms with Gasteiger partial charge in [0, 0.05) is 11.6 Å². The number of hydrogen-bond acceptors (Lipinski definition) is 7. The van der Waals surface area contributed by atoms with Gasteiger partial charge in [0.25, 0.3) is 17.7 Å². The maximum absolute atomic E-state index is 12.8. The molecule has 0 bridgehead atoms. The molecule has 168 valence electrons. The van der Waals surface area contributed by atoms with Crippen molar-refractivity contribution in [3.05, 3.63) is 76.3 Å². The molecule has 2 aromatic carbocycles. The number of imide groups is 1. The van der Waals surface area contributed by atoms with Crippen molar-refractivity contribution < 1.29 is 23.9 Å². The van der Waals surface area contributed by atoms with E-state index in [-0.39, 0.29) is 30.5 Å². The second kappa shape index (κ2) is 9.61. The minimum atomic E-state index is -0.517. The summed E-state index contributed by atoms with van der Waals surface area (Å²) in [6.45, 7) is 1.87. The number of benzene rings is 2. The predicted molar refractivity (Wildman–Crippen MR) is 121 cm³/mol. The van der Waals surface area contributed by atoms with E-state index >= 15 is 0 Å². The molecule has 0 atom stereocenters. The number of nitrogens with one attached hydrogen (secondary N) is 2. The van der Waals surface area contributed by atoms with Crippen molar-refractivity contribution in [1.29, 1.82) is 0 Å². The zero-order valence-electron chi connectivity index (χ0n) is 17.7. The number of aromatic nitrogens is 1. The van der Waals surface area contributed by atoms with Crippen molar-refractivity contribution in [2.45, 2.75) is 13.5 Å². The van der Waals surface area contributed by atoms with E-state index in [1.54, 1.807) is 61.0 Å². The van der Waals surface area contributed by atoms with Crippen molar-refractivity contribution in [2.75, 3.05) is 18.5 Å². The van der Waals surface area contributed by atoms with Gasteiger partial charge in [-0.2, -0.15) is 0 Å². The zero-order chi connectivity index (χ0) is 23.4. The van der Waals surface area contributed by atoms with Crippen LogP contribution in [0.5, 0.6) is 5.75 Å². The number of fused-ring (bicyclic) bond motifs is 1. The van der Waals surface area contributed by atoms with Crippen LogP contribution in [0.25, 0.3) is 0 Å². The largest absolute Gasteiger partial charge is 0.493 e. The molecule has 0 saturated heterocycles. The minimum absolute atomic E-state index is 0.00354. The highest BCUT2D eigenvalue weighted by molar-refractivity contribution is 7.13. The SMILES string of the molecule is CCOc1ccc(CN2C(=O)c3ccccc3C2=O)cc1C(=O)NCC(=O)Nc1nccs1. The Balaban J connectivity index is 1.48. The summed E-state index contributed by atoms with van der Waals surface area (Å²) in [6, 6.07) is 11.5. The second-order valence-corrected chi connectivity index (χ2v) is 7.97. The molecule has 4 rings (SSSR count). The normalized spacial score (nSPS) is 12.5. The third-order valence-electron chi connectivity index (χ3n) is 4.90. The average Bonchev–Trinajstić information content (AvgIpc) is 3.41. The van der Waals surface area contributed by atoms with Crippen LogP contribution in [-0.2, 0) is 11.3 Å². The summed E-state index contributed by atoms with van der Waals surface area (Å²) >= 11 is 1.27. The van der Waals surface area contributed by atoms with Gasteiger partial charge in [0.15, 0.2) is 5.13 Å². The lowest BCUT2D eigenvalue weighted by Crippen LogP contribution is -2.33. The number of nitrogens with zero attached hydrogens (tertiary/aromatic N) is 2. The van der Waals surface area contributed by atoms with Crippen molar-refractivity contribution >= 4 is 40.1 Å². The van der Waals surface area contributed by atoms with Crippen LogP contribution in [0.4, 0.5) is 5.13 Å². The molecule has 3 aromatic rings. The van der Waals surface area contributed by atoms with Crippen molar-refractivity contribution in [1.82, 2.24) is 15.2 Å². The van der Waals surface area contributed by atoms with Gasteiger partial charge in [0.05, 0.1) is 36.4 Å². The number of carbonyl (C=O) groups excluding carboxylic acids is 4. The highest BCUT2D eigenvalue weighted by Gasteiger charge is 2.35. The zero-order valence-corrected chi connectivity index (χ0v) is 18.5. The third kappa shape index (κ3) is 4.75. The van der Waals surface area contributed by atoms with Gasteiger partial charge in [-0.15, -0.1) is 11.3 Å². The Hall–Kier alpha value is -4.05. The highest BCUT2D eigenvalue weighted by Crippen LogP contribution is 2.26. The Bertz CT molecular complexity index is 1190. The lowest BCUT2D eigenvalue weighted by molar-refractivity contribution is -0.115. The molecule has 1 aliphatic heterocycles. The summed E-state index contributed by atoms with van der Waals surface area (Å²) < 4.78 is 5.55. The Morgan fingerprint density at radius 1 is 1.09 bits per heavy atom. The van der Waals surface area contributed by atoms with Crippen molar-refractivity contribution in [2.24, 2.45) is 0 Å². The molecule has 0 aliphatic carbocycles. The van der Waals surface area contributed by atoms with Crippen LogP contribution in [0.1, 0.15) is 43.6 Å². The lowest BCUT2D eigenvalue weighted by atomic mass is 10.1. The molecular weight excluding hydrogens is 444 g/mol. The quantitative estimate of drug-likeness (QED) is 0.495. The molecule has 1 aliphatic rings. The summed E-state index contributed by atoms with van der Waals surface area (Å²) in [5.74, 6) is -1.36. The van der Waals surface area contributed by atoms with Crippen molar-refractivity contribution in [3.63, 3.8) is 0 Å². The maximum atomic E-state index is 12.8. The van der Waals surface area contributed by atoms with E-state index < -0.39 is 11.8 Å².